The molecule has 1 radical (unpaired) electrons. The summed E-state index contributed by atoms with van der Waals surface area (Å²) >= 11 is 0. The lowest BCUT2D eigenvalue weighted by Crippen LogP contribution is -2.41. The summed E-state index contributed by atoms with van der Waals surface area (Å²) in [6.45, 7) is 5.65. The van der Waals surface area contributed by atoms with Gasteiger partial charge in [-0.3, -0.25) is 0 Å². The Morgan fingerprint density at radius 2 is 1.95 bits per heavy atom. The number of anilines is 1. The van der Waals surface area contributed by atoms with E-state index in [1.807, 2.05) is 19.1 Å². The molecule has 0 aliphatic carbocycles. The molecule has 1 aromatic heterocycles. The molecule has 4 heteroatoms. The molecule has 1 saturated heterocycles. The van der Waals surface area contributed by atoms with Gasteiger partial charge >= 0.3 is 0 Å². The summed E-state index contributed by atoms with van der Waals surface area (Å²) in [6.07, 6.45) is 0. The largest absolute Gasteiger partial charge is 0.354 e. The SMILES string of the molecule is CC(N)c1cc2ccccc2nc1N1CC[N]CC1. The molecule has 2 heterocycles. The van der Waals surface area contributed by atoms with Crippen molar-refractivity contribution in [3.8, 4) is 0 Å². The fourth-order valence-corrected chi connectivity index (χ4v) is 2.53. The van der Waals surface area contributed by atoms with Crippen molar-refractivity contribution in [2.75, 3.05) is 31.1 Å². The highest BCUT2D eigenvalue weighted by molar-refractivity contribution is 5.82. The van der Waals surface area contributed by atoms with Gasteiger partial charge in [0.1, 0.15) is 5.82 Å². The van der Waals surface area contributed by atoms with E-state index in [1.165, 1.54) is 0 Å². The van der Waals surface area contributed by atoms with Crippen LogP contribution < -0.4 is 16.0 Å². The van der Waals surface area contributed by atoms with Gasteiger partial charge in [-0.1, -0.05) is 18.2 Å². The second-order valence-electron chi connectivity index (χ2n) is 5.04. The normalized spacial score (nSPS) is 17.7. The van der Waals surface area contributed by atoms with Crippen molar-refractivity contribution in [1.82, 2.24) is 10.3 Å². The van der Waals surface area contributed by atoms with Gasteiger partial charge in [-0.25, -0.2) is 10.3 Å². The van der Waals surface area contributed by atoms with E-state index in [9.17, 15) is 0 Å². The second kappa shape index (κ2) is 5.15. The average Bonchev–Trinajstić information content (AvgIpc) is 2.46. The number of benzene rings is 1. The number of para-hydroxylation sites is 1. The smallest absolute Gasteiger partial charge is 0.134 e. The van der Waals surface area contributed by atoms with Gasteiger partial charge in [-0.15, -0.1) is 0 Å². The fraction of sp³-hybridized carbons (Fsp3) is 0.400. The van der Waals surface area contributed by atoms with Crippen LogP contribution >= 0.6 is 0 Å². The van der Waals surface area contributed by atoms with Crippen LogP contribution in [0.2, 0.25) is 0 Å². The highest BCUT2D eigenvalue weighted by atomic mass is 15.2. The molecular formula is C15H19N4. The van der Waals surface area contributed by atoms with Gasteiger partial charge in [0.2, 0.25) is 0 Å². The van der Waals surface area contributed by atoms with E-state index in [2.05, 4.69) is 28.4 Å². The number of hydrogen-bond acceptors (Lipinski definition) is 3. The lowest BCUT2D eigenvalue weighted by molar-refractivity contribution is 0.572. The van der Waals surface area contributed by atoms with Crippen LogP contribution in [0.15, 0.2) is 30.3 Å². The zero-order valence-electron chi connectivity index (χ0n) is 11.2. The van der Waals surface area contributed by atoms with Gasteiger partial charge in [0, 0.05) is 43.2 Å². The first-order chi connectivity index (χ1) is 9.25. The molecule has 0 bridgehead atoms. The van der Waals surface area contributed by atoms with Crippen molar-refractivity contribution in [3.63, 3.8) is 0 Å². The standard InChI is InChI=1S/C15H19N4/c1-11(16)13-10-12-4-2-3-5-14(12)18-15(13)19-8-6-17-7-9-19/h2-5,10-11H,6-9,16H2,1H3. The molecule has 99 valence electrons. The van der Waals surface area contributed by atoms with Gasteiger partial charge in [0.25, 0.3) is 0 Å². The summed E-state index contributed by atoms with van der Waals surface area (Å²) < 4.78 is 0. The molecule has 19 heavy (non-hydrogen) atoms. The first kappa shape index (κ1) is 12.4. The number of rotatable bonds is 2. The maximum atomic E-state index is 6.12. The number of nitrogens with two attached hydrogens (primary N) is 1. The van der Waals surface area contributed by atoms with Crippen LogP contribution in [-0.2, 0) is 0 Å². The molecule has 2 aromatic rings. The number of pyridine rings is 1. The van der Waals surface area contributed by atoms with Crippen molar-refractivity contribution < 1.29 is 0 Å². The zero-order chi connectivity index (χ0) is 13.2. The second-order valence-corrected chi connectivity index (χ2v) is 5.04. The number of nitrogens with zero attached hydrogens (tertiary/aromatic N) is 3. The maximum Gasteiger partial charge on any atom is 0.134 e. The van der Waals surface area contributed by atoms with Gasteiger partial charge in [-0.2, -0.15) is 0 Å². The zero-order valence-corrected chi connectivity index (χ0v) is 11.2. The highest BCUT2D eigenvalue weighted by Gasteiger charge is 2.18. The molecular weight excluding hydrogens is 236 g/mol. The molecule has 1 aliphatic heterocycles. The molecule has 1 unspecified atom stereocenters. The van der Waals surface area contributed by atoms with E-state index in [1.54, 1.807) is 0 Å². The molecule has 0 amide bonds. The number of piperazine rings is 1. The first-order valence-electron chi connectivity index (χ1n) is 6.79. The minimum absolute atomic E-state index is 0.00836. The lowest BCUT2D eigenvalue weighted by Gasteiger charge is -2.30. The van der Waals surface area contributed by atoms with Gasteiger partial charge in [-0.05, 0) is 19.1 Å². The van der Waals surface area contributed by atoms with E-state index in [-0.39, 0.29) is 6.04 Å². The predicted octanol–water partition coefficient (Wildman–Crippen LogP) is 1.68. The van der Waals surface area contributed by atoms with E-state index in [0.29, 0.717) is 0 Å². The molecule has 1 aromatic carbocycles. The Labute approximate surface area is 113 Å². The lowest BCUT2D eigenvalue weighted by atomic mass is 10.1. The number of fused-ring (bicyclic) bond motifs is 1. The van der Waals surface area contributed by atoms with Gasteiger partial charge in [0.15, 0.2) is 0 Å². The van der Waals surface area contributed by atoms with Crippen molar-refractivity contribution >= 4 is 16.7 Å². The third-order valence-electron chi connectivity index (χ3n) is 3.58. The fourth-order valence-electron chi connectivity index (χ4n) is 2.53. The predicted molar refractivity (Wildman–Crippen MR) is 78.4 cm³/mol. The summed E-state index contributed by atoms with van der Waals surface area (Å²) in [4.78, 5) is 7.13. The van der Waals surface area contributed by atoms with Crippen molar-refractivity contribution in [2.45, 2.75) is 13.0 Å². The molecule has 0 spiro atoms. The van der Waals surface area contributed by atoms with Gasteiger partial charge in [0.05, 0.1) is 5.52 Å². The van der Waals surface area contributed by atoms with Gasteiger partial charge < -0.3 is 10.6 Å². The summed E-state index contributed by atoms with van der Waals surface area (Å²) in [7, 11) is 0. The van der Waals surface area contributed by atoms with Crippen LogP contribution in [0.1, 0.15) is 18.5 Å². The average molecular weight is 255 g/mol. The number of aromatic nitrogens is 1. The van der Waals surface area contributed by atoms with E-state index < -0.39 is 0 Å². The molecule has 2 N–H and O–H groups in total. The maximum absolute atomic E-state index is 6.12. The van der Waals surface area contributed by atoms with Crippen LogP contribution in [-0.4, -0.2) is 31.2 Å². The molecule has 4 nitrogen and oxygen atoms in total. The first-order valence-corrected chi connectivity index (χ1v) is 6.79. The Morgan fingerprint density at radius 1 is 1.21 bits per heavy atom. The Hall–Kier alpha value is -1.65. The van der Waals surface area contributed by atoms with Crippen molar-refractivity contribution in [2.24, 2.45) is 5.73 Å². The van der Waals surface area contributed by atoms with Crippen LogP contribution in [0.3, 0.4) is 0 Å². The third-order valence-corrected chi connectivity index (χ3v) is 3.58. The Bertz CT molecular complexity index is 573. The molecule has 1 aliphatic rings. The summed E-state index contributed by atoms with van der Waals surface area (Å²) in [5, 5.41) is 5.54. The quantitative estimate of drug-likeness (QED) is 0.888. The van der Waals surface area contributed by atoms with Crippen molar-refractivity contribution in [3.05, 3.63) is 35.9 Å². The highest BCUT2D eigenvalue weighted by Crippen LogP contribution is 2.27. The number of hydrogen-bond donors (Lipinski definition) is 1. The minimum atomic E-state index is -0.00836. The summed E-state index contributed by atoms with van der Waals surface area (Å²) in [5.41, 5.74) is 8.28. The van der Waals surface area contributed by atoms with E-state index in [4.69, 9.17) is 10.7 Å². The molecule has 0 saturated carbocycles. The van der Waals surface area contributed by atoms with Crippen LogP contribution in [0, 0.1) is 0 Å². The summed E-state index contributed by atoms with van der Waals surface area (Å²) in [6, 6.07) is 10.4. The minimum Gasteiger partial charge on any atom is -0.354 e. The summed E-state index contributed by atoms with van der Waals surface area (Å²) in [5.74, 6) is 1.03. The van der Waals surface area contributed by atoms with Crippen LogP contribution in [0.5, 0.6) is 0 Å². The van der Waals surface area contributed by atoms with Crippen LogP contribution in [0.4, 0.5) is 5.82 Å². The molecule has 3 rings (SSSR count). The van der Waals surface area contributed by atoms with Crippen molar-refractivity contribution in [1.29, 1.82) is 0 Å². The Morgan fingerprint density at radius 3 is 2.68 bits per heavy atom. The van der Waals surface area contributed by atoms with Crippen LogP contribution in [0.25, 0.3) is 10.9 Å². The Kier molecular flexibility index (Phi) is 3.36. The van der Waals surface area contributed by atoms with E-state index in [0.717, 1.165) is 48.5 Å². The van der Waals surface area contributed by atoms with E-state index >= 15 is 0 Å². The topological polar surface area (TPSA) is 56.2 Å². The third kappa shape index (κ3) is 2.41. The molecule has 1 fully saturated rings. The Balaban J connectivity index is 2.11. The monoisotopic (exact) mass is 255 g/mol. The molecule has 1 atom stereocenters.